The Kier molecular flexibility index (Phi) is 4.90. The predicted octanol–water partition coefficient (Wildman–Crippen LogP) is 6.63. The molecule has 0 spiro atoms. The van der Waals surface area contributed by atoms with E-state index in [0.717, 1.165) is 12.8 Å². The molecule has 1 aliphatic carbocycles. The van der Waals surface area contributed by atoms with Crippen LogP contribution < -0.4 is 0 Å². The summed E-state index contributed by atoms with van der Waals surface area (Å²) in [6.07, 6.45) is 6.02. The molecule has 0 amide bonds. The maximum absolute atomic E-state index is 6.81. The molecule has 0 bridgehead atoms. The molecule has 2 unspecified atom stereocenters. The van der Waals surface area contributed by atoms with Crippen LogP contribution in [0, 0.1) is 0 Å². The maximum atomic E-state index is 6.81. The summed E-state index contributed by atoms with van der Waals surface area (Å²) in [4.78, 5) is 6.81. The van der Waals surface area contributed by atoms with Gasteiger partial charge in [-0.2, -0.15) is 5.06 Å². The minimum atomic E-state index is 0.0764. The molecule has 1 aliphatic heterocycles. The number of benzene rings is 2. The molecular weight excluding hydrogens is 330 g/mol. The maximum Gasteiger partial charge on any atom is 0.105 e. The fourth-order valence-corrected chi connectivity index (χ4v) is 5.28. The van der Waals surface area contributed by atoms with Gasteiger partial charge in [-0.1, -0.05) is 54.6 Å². The van der Waals surface area contributed by atoms with Crippen molar-refractivity contribution in [3.05, 3.63) is 71.3 Å². The van der Waals surface area contributed by atoms with Gasteiger partial charge in [0.25, 0.3) is 0 Å². The number of hydrogen-bond acceptors (Lipinski definition) is 2. The van der Waals surface area contributed by atoms with Crippen LogP contribution in [0.25, 0.3) is 0 Å². The number of hydroxylamine groups is 2. The standard InChI is InChI=1S/C25H33NO/c1-24(2)17-10-18-25(3,4)26(24)27-23-16-15-20(19-11-6-5-7-12-19)21-13-8-9-14-22(21)23/h5-9,11-14,20,23H,10,15-18H2,1-4H3. The molecule has 2 aromatic carbocycles. The van der Waals surface area contributed by atoms with E-state index in [1.165, 1.54) is 36.0 Å². The summed E-state index contributed by atoms with van der Waals surface area (Å²) in [5, 5.41) is 2.33. The molecule has 2 aromatic rings. The second kappa shape index (κ2) is 7.07. The van der Waals surface area contributed by atoms with Crippen LogP contribution >= 0.6 is 0 Å². The van der Waals surface area contributed by atoms with Crippen molar-refractivity contribution in [2.75, 3.05) is 0 Å². The zero-order valence-electron chi connectivity index (χ0n) is 17.2. The van der Waals surface area contributed by atoms with Gasteiger partial charge in [0.15, 0.2) is 0 Å². The van der Waals surface area contributed by atoms with Crippen molar-refractivity contribution in [2.45, 2.75) is 82.9 Å². The summed E-state index contributed by atoms with van der Waals surface area (Å²) in [7, 11) is 0. The van der Waals surface area contributed by atoms with E-state index in [0.29, 0.717) is 5.92 Å². The molecule has 2 atom stereocenters. The number of nitrogens with zero attached hydrogens (tertiary/aromatic N) is 1. The fourth-order valence-electron chi connectivity index (χ4n) is 5.28. The van der Waals surface area contributed by atoms with Crippen LogP contribution in [-0.4, -0.2) is 16.1 Å². The molecule has 2 heteroatoms. The molecule has 1 heterocycles. The van der Waals surface area contributed by atoms with Gasteiger partial charge >= 0.3 is 0 Å². The second-order valence-electron chi connectivity index (χ2n) is 9.54. The van der Waals surface area contributed by atoms with Crippen molar-refractivity contribution in [2.24, 2.45) is 0 Å². The van der Waals surface area contributed by atoms with Gasteiger partial charge in [0.05, 0.1) is 0 Å². The molecule has 2 aliphatic rings. The summed E-state index contributed by atoms with van der Waals surface area (Å²) in [5.41, 5.74) is 4.38. The highest BCUT2D eigenvalue weighted by Crippen LogP contribution is 2.46. The Morgan fingerprint density at radius 2 is 1.37 bits per heavy atom. The molecule has 1 fully saturated rings. The lowest BCUT2D eigenvalue weighted by atomic mass is 9.77. The van der Waals surface area contributed by atoms with Crippen molar-refractivity contribution in [1.82, 2.24) is 5.06 Å². The quantitative estimate of drug-likeness (QED) is 0.607. The van der Waals surface area contributed by atoms with E-state index in [1.54, 1.807) is 0 Å². The summed E-state index contributed by atoms with van der Waals surface area (Å²) in [6.45, 7) is 9.32. The Morgan fingerprint density at radius 3 is 2.04 bits per heavy atom. The summed E-state index contributed by atoms with van der Waals surface area (Å²) in [5.74, 6) is 0.477. The summed E-state index contributed by atoms with van der Waals surface area (Å²) >= 11 is 0. The summed E-state index contributed by atoms with van der Waals surface area (Å²) < 4.78 is 0. The van der Waals surface area contributed by atoms with Crippen LogP contribution in [0.2, 0.25) is 0 Å². The zero-order chi connectivity index (χ0) is 19.1. The van der Waals surface area contributed by atoms with Crippen LogP contribution in [0.3, 0.4) is 0 Å². The van der Waals surface area contributed by atoms with E-state index >= 15 is 0 Å². The SMILES string of the molecule is CC1(C)CCCC(C)(C)N1OC1CCC(c2ccccc2)c2ccccc21. The Hall–Kier alpha value is -1.64. The summed E-state index contributed by atoms with van der Waals surface area (Å²) in [6, 6.07) is 19.8. The molecule has 0 saturated carbocycles. The van der Waals surface area contributed by atoms with E-state index in [-0.39, 0.29) is 17.2 Å². The number of fused-ring (bicyclic) bond motifs is 1. The van der Waals surface area contributed by atoms with E-state index in [9.17, 15) is 0 Å². The first-order chi connectivity index (χ1) is 12.9. The van der Waals surface area contributed by atoms with Gasteiger partial charge in [-0.15, -0.1) is 0 Å². The monoisotopic (exact) mass is 363 g/mol. The van der Waals surface area contributed by atoms with Gasteiger partial charge in [0, 0.05) is 17.0 Å². The Balaban J connectivity index is 1.65. The Morgan fingerprint density at radius 1 is 0.778 bits per heavy atom. The van der Waals surface area contributed by atoms with Crippen molar-refractivity contribution in [1.29, 1.82) is 0 Å². The highest BCUT2D eigenvalue weighted by molar-refractivity contribution is 5.41. The largest absolute Gasteiger partial charge is 0.290 e. The van der Waals surface area contributed by atoms with Crippen molar-refractivity contribution in [3.63, 3.8) is 0 Å². The minimum Gasteiger partial charge on any atom is -0.290 e. The van der Waals surface area contributed by atoms with Crippen molar-refractivity contribution >= 4 is 0 Å². The van der Waals surface area contributed by atoms with Crippen LogP contribution in [0.15, 0.2) is 54.6 Å². The third-order valence-corrected chi connectivity index (χ3v) is 6.55. The van der Waals surface area contributed by atoms with Crippen molar-refractivity contribution < 1.29 is 4.84 Å². The van der Waals surface area contributed by atoms with E-state index in [4.69, 9.17) is 4.84 Å². The molecule has 1 saturated heterocycles. The average molecular weight is 364 g/mol. The lowest BCUT2D eigenvalue weighted by Crippen LogP contribution is -2.58. The highest BCUT2D eigenvalue weighted by Gasteiger charge is 2.44. The lowest BCUT2D eigenvalue weighted by Gasteiger charge is -2.53. The first-order valence-corrected chi connectivity index (χ1v) is 10.5. The molecule has 27 heavy (non-hydrogen) atoms. The molecule has 4 rings (SSSR count). The van der Waals surface area contributed by atoms with Gasteiger partial charge in [0.2, 0.25) is 0 Å². The highest BCUT2D eigenvalue weighted by atomic mass is 16.7. The van der Waals surface area contributed by atoms with Crippen LogP contribution in [0.5, 0.6) is 0 Å². The second-order valence-corrected chi connectivity index (χ2v) is 9.54. The van der Waals surface area contributed by atoms with Crippen LogP contribution in [0.4, 0.5) is 0 Å². The third kappa shape index (κ3) is 3.58. The first kappa shape index (κ1) is 18.7. The van der Waals surface area contributed by atoms with Crippen LogP contribution in [-0.2, 0) is 4.84 Å². The smallest absolute Gasteiger partial charge is 0.105 e. The van der Waals surface area contributed by atoms with E-state index in [2.05, 4.69) is 87.4 Å². The number of hydrogen-bond donors (Lipinski definition) is 0. The van der Waals surface area contributed by atoms with Gasteiger partial charge in [-0.3, -0.25) is 4.84 Å². The minimum absolute atomic E-state index is 0.0764. The molecule has 0 radical (unpaired) electrons. The molecular formula is C25H33NO. The molecule has 0 aromatic heterocycles. The van der Waals surface area contributed by atoms with Gasteiger partial charge in [0.1, 0.15) is 6.10 Å². The van der Waals surface area contributed by atoms with Crippen molar-refractivity contribution in [3.8, 4) is 0 Å². The molecule has 144 valence electrons. The topological polar surface area (TPSA) is 12.5 Å². The van der Waals surface area contributed by atoms with Gasteiger partial charge < -0.3 is 0 Å². The zero-order valence-corrected chi connectivity index (χ0v) is 17.2. The Labute approximate surface area is 164 Å². The van der Waals surface area contributed by atoms with Gasteiger partial charge in [-0.05, 0) is 76.5 Å². The Bertz CT molecular complexity index is 764. The lowest BCUT2D eigenvalue weighted by molar-refractivity contribution is -0.309. The normalized spacial score (nSPS) is 27.1. The number of rotatable bonds is 3. The van der Waals surface area contributed by atoms with E-state index in [1.807, 2.05) is 0 Å². The van der Waals surface area contributed by atoms with Crippen LogP contribution in [0.1, 0.15) is 88.5 Å². The molecule has 2 nitrogen and oxygen atoms in total. The number of piperidine rings is 1. The fraction of sp³-hybridized carbons (Fsp3) is 0.520. The van der Waals surface area contributed by atoms with E-state index < -0.39 is 0 Å². The average Bonchev–Trinajstić information content (AvgIpc) is 2.65. The first-order valence-electron chi connectivity index (χ1n) is 10.5. The molecule has 0 N–H and O–H groups in total. The predicted molar refractivity (Wildman–Crippen MR) is 112 cm³/mol. The third-order valence-electron chi connectivity index (χ3n) is 6.55. The van der Waals surface area contributed by atoms with Gasteiger partial charge in [-0.25, -0.2) is 0 Å².